The number of nitrogens with one attached hydrogen (secondary N) is 1. The van der Waals surface area contributed by atoms with Crippen molar-refractivity contribution in [2.45, 2.75) is 17.3 Å². The maximum Gasteiger partial charge on any atom is 0.446 e. The molecule has 0 bridgehead atoms. The van der Waals surface area contributed by atoms with Crippen LogP contribution in [0.2, 0.25) is 0 Å². The van der Waals surface area contributed by atoms with E-state index in [9.17, 15) is 27.6 Å². The predicted octanol–water partition coefficient (Wildman–Crippen LogP) is 3.03. The lowest BCUT2D eigenvalue weighted by atomic mass is 10.2. The number of thioether (sulfide) groups is 1. The molecule has 1 N–H and O–H groups in total. The molecule has 0 amide bonds. The average molecular weight is 455 g/mol. The van der Waals surface area contributed by atoms with Crippen molar-refractivity contribution < 1.29 is 22.6 Å². The summed E-state index contributed by atoms with van der Waals surface area (Å²) < 4.78 is 50.1. The van der Waals surface area contributed by atoms with E-state index in [0.717, 1.165) is 9.13 Å². The summed E-state index contributed by atoms with van der Waals surface area (Å²) in [6, 6.07) is 9.52. The lowest BCUT2D eigenvalue weighted by Crippen LogP contribution is -2.47. The minimum Gasteiger partial charge on any atom is -0.490 e. The summed E-state index contributed by atoms with van der Waals surface area (Å²) in [5.74, 6) is 0.669. The molecule has 0 fully saturated rings. The summed E-state index contributed by atoms with van der Waals surface area (Å²) in [5.41, 5.74) is -6.86. The largest absolute Gasteiger partial charge is 0.490 e. The van der Waals surface area contributed by atoms with E-state index >= 15 is 0 Å². The molecule has 2 aromatic carbocycles. The van der Waals surface area contributed by atoms with E-state index in [-0.39, 0.29) is 46.2 Å². The van der Waals surface area contributed by atoms with E-state index in [2.05, 4.69) is 0 Å². The monoisotopic (exact) mass is 455 g/mol. The standard InChI is InChI=1S/C19H16F3N3O5S/c1-3-29-15-10-11(25-17(27)23-16(26)24(2)18(25)28)4-9-14(15)30-12-5-7-13(8-6-12)31-19(20,21)22/h4-10H,3H2,1-2H3,(H,23,26,27). The van der Waals surface area contributed by atoms with Gasteiger partial charge in [0.15, 0.2) is 11.5 Å². The number of halogens is 3. The van der Waals surface area contributed by atoms with Crippen molar-refractivity contribution in [2.75, 3.05) is 6.61 Å². The Bertz CT molecular complexity index is 1260. The first kappa shape index (κ1) is 22.3. The molecule has 0 atom stereocenters. The van der Waals surface area contributed by atoms with Crippen molar-refractivity contribution in [2.24, 2.45) is 7.05 Å². The third-order valence-corrected chi connectivity index (χ3v) is 4.71. The number of nitrogens with zero attached hydrogens (tertiary/aromatic N) is 2. The fourth-order valence-corrected chi connectivity index (χ4v) is 3.15. The molecule has 0 radical (unpaired) electrons. The first-order chi connectivity index (χ1) is 14.6. The second-order valence-corrected chi connectivity index (χ2v) is 7.24. The summed E-state index contributed by atoms with van der Waals surface area (Å²) in [4.78, 5) is 38.1. The maximum atomic E-state index is 12.5. The van der Waals surface area contributed by atoms with Crippen LogP contribution in [-0.2, 0) is 7.05 Å². The molecule has 0 aliphatic heterocycles. The zero-order chi connectivity index (χ0) is 22.8. The summed E-state index contributed by atoms with van der Waals surface area (Å²) >= 11 is -0.238. The Kier molecular flexibility index (Phi) is 6.29. The molecule has 12 heteroatoms. The molecule has 0 aliphatic carbocycles. The fraction of sp³-hybridized carbons (Fsp3) is 0.211. The van der Waals surface area contributed by atoms with Crippen molar-refractivity contribution in [1.29, 1.82) is 0 Å². The number of aromatic nitrogens is 3. The van der Waals surface area contributed by atoms with E-state index in [4.69, 9.17) is 9.47 Å². The van der Waals surface area contributed by atoms with Crippen LogP contribution in [-0.4, -0.2) is 26.2 Å². The number of hydrogen-bond donors (Lipinski definition) is 1. The Morgan fingerprint density at radius 1 is 1.00 bits per heavy atom. The highest BCUT2D eigenvalue weighted by Crippen LogP contribution is 2.38. The van der Waals surface area contributed by atoms with E-state index in [0.29, 0.717) is 0 Å². The second-order valence-electron chi connectivity index (χ2n) is 6.10. The lowest BCUT2D eigenvalue weighted by molar-refractivity contribution is -0.0328. The SMILES string of the molecule is CCOc1cc(-n2c(=O)[nH]c(=O)n(C)c2=O)ccc1Oc1ccc(SC(F)(F)F)cc1. The molecule has 164 valence electrons. The van der Waals surface area contributed by atoms with E-state index < -0.39 is 22.6 Å². The van der Waals surface area contributed by atoms with E-state index in [1.54, 1.807) is 6.92 Å². The van der Waals surface area contributed by atoms with Crippen LogP contribution in [0.4, 0.5) is 13.2 Å². The molecule has 3 aromatic rings. The van der Waals surface area contributed by atoms with Gasteiger partial charge in [-0.15, -0.1) is 0 Å². The van der Waals surface area contributed by atoms with Gasteiger partial charge in [0.2, 0.25) is 0 Å². The fourth-order valence-electron chi connectivity index (χ4n) is 2.61. The zero-order valence-electron chi connectivity index (χ0n) is 16.2. The van der Waals surface area contributed by atoms with E-state index in [1.165, 1.54) is 49.5 Å². The summed E-state index contributed by atoms with van der Waals surface area (Å²) in [7, 11) is 1.22. The number of rotatable bonds is 6. The normalized spacial score (nSPS) is 11.4. The minimum atomic E-state index is -4.39. The molecular weight excluding hydrogens is 439 g/mol. The van der Waals surface area contributed by atoms with Gasteiger partial charge in [0.1, 0.15) is 5.75 Å². The van der Waals surface area contributed by atoms with Gasteiger partial charge in [-0.1, -0.05) is 0 Å². The van der Waals surface area contributed by atoms with Gasteiger partial charge in [-0.2, -0.15) is 13.2 Å². The highest BCUT2D eigenvalue weighted by molar-refractivity contribution is 8.00. The Balaban J connectivity index is 1.95. The highest BCUT2D eigenvalue weighted by atomic mass is 32.2. The van der Waals surface area contributed by atoms with Crippen molar-refractivity contribution in [3.63, 3.8) is 0 Å². The van der Waals surface area contributed by atoms with Crippen LogP contribution >= 0.6 is 11.8 Å². The Hall–Kier alpha value is -3.41. The van der Waals surface area contributed by atoms with Gasteiger partial charge in [-0.25, -0.2) is 23.5 Å². The molecule has 31 heavy (non-hydrogen) atoms. The average Bonchev–Trinajstić information content (AvgIpc) is 2.68. The van der Waals surface area contributed by atoms with Crippen LogP contribution in [0.5, 0.6) is 17.2 Å². The molecule has 1 aromatic heterocycles. The van der Waals surface area contributed by atoms with Crippen LogP contribution in [0.25, 0.3) is 5.69 Å². The van der Waals surface area contributed by atoms with Gasteiger partial charge >= 0.3 is 22.6 Å². The molecule has 0 unspecified atom stereocenters. The lowest BCUT2D eigenvalue weighted by Gasteiger charge is -2.14. The molecule has 0 spiro atoms. The topological polar surface area (TPSA) is 95.3 Å². The first-order valence-electron chi connectivity index (χ1n) is 8.82. The van der Waals surface area contributed by atoms with E-state index in [1.807, 2.05) is 4.98 Å². The van der Waals surface area contributed by atoms with Gasteiger partial charge in [-0.3, -0.25) is 4.98 Å². The predicted molar refractivity (Wildman–Crippen MR) is 107 cm³/mol. The maximum absolute atomic E-state index is 12.5. The van der Waals surface area contributed by atoms with Crippen LogP contribution in [0, 0.1) is 0 Å². The minimum absolute atomic E-state index is 0.00789. The van der Waals surface area contributed by atoms with Crippen LogP contribution < -0.4 is 26.5 Å². The third-order valence-electron chi connectivity index (χ3n) is 3.97. The Labute approximate surface area is 176 Å². The van der Waals surface area contributed by atoms with Crippen molar-refractivity contribution in [1.82, 2.24) is 14.1 Å². The zero-order valence-corrected chi connectivity index (χ0v) is 17.0. The molecule has 0 saturated heterocycles. The first-order valence-corrected chi connectivity index (χ1v) is 9.64. The third kappa shape index (κ3) is 5.20. The van der Waals surface area contributed by atoms with Crippen molar-refractivity contribution >= 4 is 11.8 Å². The molecule has 0 aliphatic rings. The molecule has 3 rings (SSSR count). The molecule has 8 nitrogen and oxygen atoms in total. The smallest absolute Gasteiger partial charge is 0.446 e. The van der Waals surface area contributed by atoms with Gasteiger partial charge < -0.3 is 9.47 Å². The van der Waals surface area contributed by atoms with Crippen LogP contribution in [0.3, 0.4) is 0 Å². The quantitative estimate of drug-likeness (QED) is 0.574. The number of alkyl halides is 3. The number of hydrogen-bond acceptors (Lipinski definition) is 6. The summed E-state index contributed by atoms with van der Waals surface area (Å²) in [6.45, 7) is 1.95. The second kappa shape index (κ2) is 8.76. The number of benzene rings is 2. The van der Waals surface area contributed by atoms with Gasteiger partial charge in [0.05, 0.1) is 12.3 Å². The number of H-pyrrole nitrogens is 1. The Morgan fingerprint density at radius 3 is 2.29 bits per heavy atom. The van der Waals surface area contributed by atoms with Gasteiger partial charge in [0, 0.05) is 18.0 Å². The molecule has 0 saturated carbocycles. The van der Waals surface area contributed by atoms with Gasteiger partial charge in [0.25, 0.3) is 0 Å². The molecular formula is C19H16F3N3O5S. The summed E-state index contributed by atoms with van der Waals surface area (Å²) in [5, 5.41) is 0. The highest BCUT2D eigenvalue weighted by Gasteiger charge is 2.29. The Morgan fingerprint density at radius 2 is 1.68 bits per heavy atom. The van der Waals surface area contributed by atoms with Crippen LogP contribution in [0.1, 0.15) is 6.92 Å². The van der Waals surface area contributed by atoms with Crippen LogP contribution in [0.15, 0.2) is 61.7 Å². The molecule has 1 heterocycles. The summed E-state index contributed by atoms with van der Waals surface area (Å²) in [6.07, 6.45) is 0. The number of ether oxygens (including phenoxy) is 2. The number of aromatic amines is 1. The van der Waals surface area contributed by atoms with Crippen molar-refractivity contribution in [3.8, 4) is 22.9 Å². The van der Waals surface area contributed by atoms with Crippen molar-refractivity contribution in [3.05, 3.63) is 73.9 Å². The van der Waals surface area contributed by atoms with Gasteiger partial charge in [-0.05, 0) is 55.1 Å².